The van der Waals surface area contributed by atoms with Crippen LogP contribution in [-0.2, 0) is 11.3 Å². The molecule has 0 aliphatic heterocycles. The van der Waals surface area contributed by atoms with Gasteiger partial charge in [0.25, 0.3) is 11.7 Å². The summed E-state index contributed by atoms with van der Waals surface area (Å²) < 4.78 is 1.96. The van der Waals surface area contributed by atoms with E-state index < -0.39 is 11.7 Å². The molecule has 6 heteroatoms. The summed E-state index contributed by atoms with van der Waals surface area (Å²) in [5.74, 6) is -1.25. The lowest BCUT2D eigenvalue weighted by molar-refractivity contribution is -0.112. The highest BCUT2D eigenvalue weighted by molar-refractivity contribution is 6.48. The van der Waals surface area contributed by atoms with Gasteiger partial charge in [-0.15, -0.1) is 0 Å². The van der Waals surface area contributed by atoms with Gasteiger partial charge in [-0.3, -0.25) is 19.6 Å². The van der Waals surface area contributed by atoms with Gasteiger partial charge in [0.15, 0.2) is 0 Å². The van der Waals surface area contributed by atoms with Gasteiger partial charge in [0.05, 0.1) is 5.56 Å². The molecule has 27 heavy (non-hydrogen) atoms. The summed E-state index contributed by atoms with van der Waals surface area (Å²) in [5, 5.41) is 3.36. The van der Waals surface area contributed by atoms with Gasteiger partial charge in [-0.25, -0.2) is 0 Å². The summed E-state index contributed by atoms with van der Waals surface area (Å²) >= 11 is 0. The number of pyridine rings is 2. The summed E-state index contributed by atoms with van der Waals surface area (Å²) in [7, 11) is 0. The number of benzene rings is 1. The first-order chi connectivity index (χ1) is 13.2. The van der Waals surface area contributed by atoms with Crippen LogP contribution in [-0.4, -0.2) is 26.2 Å². The van der Waals surface area contributed by atoms with Crippen LogP contribution >= 0.6 is 0 Å². The number of aromatic nitrogens is 3. The third-order valence-corrected chi connectivity index (χ3v) is 4.25. The van der Waals surface area contributed by atoms with E-state index in [2.05, 4.69) is 15.3 Å². The largest absolute Gasteiger partial charge is 0.342 e. The number of para-hydroxylation sites is 1. The SMILES string of the molecule is O=C(Nc1ccncc1)C(=O)c1cn(Cc2cccnc2)c2ccccc12. The average Bonchev–Trinajstić information content (AvgIpc) is 3.07. The number of fused-ring (bicyclic) bond motifs is 1. The van der Waals surface area contributed by atoms with Crippen molar-refractivity contribution in [2.24, 2.45) is 0 Å². The number of nitrogens with zero attached hydrogens (tertiary/aromatic N) is 3. The van der Waals surface area contributed by atoms with Gasteiger partial charge in [-0.05, 0) is 29.8 Å². The van der Waals surface area contributed by atoms with Gasteiger partial charge < -0.3 is 9.88 Å². The van der Waals surface area contributed by atoms with Gasteiger partial charge >= 0.3 is 0 Å². The number of rotatable bonds is 5. The molecule has 0 spiro atoms. The van der Waals surface area contributed by atoms with Crippen LogP contribution in [0.5, 0.6) is 0 Å². The highest BCUT2D eigenvalue weighted by atomic mass is 16.2. The predicted octanol–water partition coefficient (Wildman–Crippen LogP) is 3.30. The molecule has 4 aromatic rings. The van der Waals surface area contributed by atoms with E-state index in [1.54, 1.807) is 43.1 Å². The Morgan fingerprint density at radius 2 is 1.74 bits per heavy atom. The second-order valence-electron chi connectivity index (χ2n) is 6.07. The molecule has 4 rings (SSSR count). The van der Waals surface area contributed by atoms with Crippen molar-refractivity contribution in [2.75, 3.05) is 5.32 Å². The molecule has 132 valence electrons. The van der Waals surface area contributed by atoms with E-state index in [0.29, 0.717) is 17.8 Å². The fourth-order valence-electron chi connectivity index (χ4n) is 2.99. The van der Waals surface area contributed by atoms with Crippen molar-refractivity contribution in [1.82, 2.24) is 14.5 Å². The molecule has 0 aliphatic carbocycles. The molecule has 6 nitrogen and oxygen atoms in total. The van der Waals surface area contributed by atoms with Crippen LogP contribution in [0, 0.1) is 0 Å². The molecule has 0 unspecified atom stereocenters. The van der Waals surface area contributed by atoms with Gasteiger partial charge in [-0.2, -0.15) is 0 Å². The van der Waals surface area contributed by atoms with Crippen molar-refractivity contribution in [3.63, 3.8) is 0 Å². The zero-order valence-corrected chi connectivity index (χ0v) is 14.4. The average molecular weight is 356 g/mol. The van der Waals surface area contributed by atoms with Gasteiger partial charge in [0.2, 0.25) is 0 Å². The van der Waals surface area contributed by atoms with Crippen molar-refractivity contribution >= 4 is 28.3 Å². The van der Waals surface area contributed by atoms with Crippen LogP contribution < -0.4 is 5.32 Å². The molecule has 0 radical (unpaired) electrons. The first kappa shape index (κ1) is 16.7. The number of carbonyl (C=O) groups is 2. The maximum absolute atomic E-state index is 12.8. The molecule has 3 heterocycles. The van der Waals surface area contributed by atoms with E-state index in [0.717, 1.165) is 16.5 Å². The highest BCUT2D eigenvalue weighted by Crippen LogP contribution is 2.23. The van der Waals surface area contributed by atoms with Crippen LogP contribution in [0.3, 0.4) is 0 Å². The number of hydrogen-bond donors (Lipinski definition) is 1. The molecule has 1 N–H and O–H groups in total. The zero-order chi connectivity index (χ0) is 18.6. The zero-order valence-electron chi connectivity index (χ0n) is 14.4. The molecule has 1 aromatic carbocycles. The molecule has 0 fully saturated rings. The highest BCUT2D eigenvalue weighted by Gasteiger charge is 2.21. The van der Waals surface area contributed by atoms with Crippen LogP contribution in [0.1, 0.15) is 15.9 Å². The fourth-order valence-corrected chi connectivity index (χ4v) is 2.99. The normalized spacial score (nSPS) is 10.7. The Labute approximate surface area is 155 Å². The minimum atomic E-state index is -0.675. The first-order valence-corrected chi connectivity index (χ1v) is 8.45. The second kappa shape index (κ2) is 7.21. The van der Waals surface area contributed by atoms with Crippen molar-refractivity contribution in [3.05, 3.63) is 90.6 Å². The minimum Gasteiger partial charge on any atom is -0.342 e. The molecule has 1 amide bonds. The number of ketones is 1. The quantitative estimate of drug-likeness (QED) is 0.440. The summed E-state index contributed by atoms with van der Waals surface area (Å²) in [6, 6.07) is 14.7. The number of Topliss-reactive ketones (excluding diaryl/α,β-unsaturated/α-hetero) is 1. The second-order valence-corrected chi connectivity index (χ2v) is 6.07. The van der Waals surface area contributed by atoms with Gasteiger partial charge in [0.1, 0.15) is 0 Å². The summed E-state index contributed by atoms with van der Waals surface area (Å²) in [5.41, 5.74) is 2.81. The minimum absolute atomic E-state index is 0.376. The first-order valence-electron chi connectivity index (χ1n) is 8.45. The lowest BCUT2D eigenvalue weighted by Gasteiger charge is -2.04. The predicted molar refractivity (Wildman–Crippen MR) is 102 cm³/mol. The van der Waals surface area contributed by atoms with E-state index in [1.807, 2.05) is 41.0 Å². The van der Waals surface area contributed by atoms with Crippen LogP contribution in [0.2, 0.25) is 0 Å². The van der Waals surface area contributed by atoms with Crippen LogP contribution in [0.15, 0.2) is 79.5 Å². The Morgan fingerprint density at radius 3 is 2.52 bits per heavy atom. The lowest BCUT2D eigenvalue weighted by atomic mass is 10.1. The van der Waals surface area contributed by atoms with Gasteiger partial charge in [-0.1, -0.05) is 24.3 Å². The van der Waals surface area contributed by atoms with Crippen LogP contribution in [0.4, 0.5) is 5.69 Å². The van der Waals surface area contributed by atoms with Crippen molar-refractivity contribution in [1.29, 1.82) is 0 Å². The number of anilines is 1. The van der Waals surface area contributed by atoms with E-state index >= 15 is 0 Å². The Morgan fingerprint density at radius 1 is 0.926 bits per heavy atom. The van der Waals surface area contributed by atoms with Crippen molar-refractivity contribution in [3.8, 4) is 0 Å². The van der Waals surface area contributed by atoms with E-state index in [-0.39, 0.29) is 0 Å². The topological polar surface area (TPSA) is 76.9 Å². The third-order valence-electron chi connectivity index (χ3n) is 4.25. The molecular formula is C21H16N4O2. The van der Waals surface area contributed by atoms with E-state index in [1.165, 1.54) is 0 Å². The van der Waals surface area contributed by atoms with Gasteiger partial charge in [0, 0.05) is 54.1 Å². The maximum Gasteiger partial charge on any atom is 0.296 e. The lowest BCUT2D eigenvalue weighted by Crippen LogP contribution is -2.22. The van der Waals surface area contributed by atoms with E-state index in [9.17, 15) is 9.59 Å². The Kier molecular flexibility index (Phi) is 4.45. The third kappa shape index (κ3) is 3.46. The molecule has 3 aromatic heterocycles. The summed E-state index contributed by atoms with van der Waals surface area (Å²) in [6.07, 6.45) is 8.34. The Bertz CT molecular complexity index is 1100. The monoisotopic (exact) mass is 356 g/mol. The molecular weight excluding hydrogens is 340 g/mol. The Hall–Kier alpha value is -3.80. The molecule has 0 bridgehead atoms. The Balaban J connectivity index is 1.67. The van der Waals surface area contributed by atoms with Crippen molar-refractivity contribution in [2.45, 2.75) is 6.54 Å². The summed E-state index contributed by atoms with van der Waals surface area (Å²) in [4.78, 5) is 33.2. The molecule has 0 aliphatic rings. The molecule has 0 saturated heterocycles. The standard InChI is InChI=1S/C21H16N4O2/c26-20(21(27)24-16-7-10-22-11-8-16)18-14-25(13-15-4-3-9-23-12-15)19-6-2-1-5-17(18)19/h1-12,14H,13H2,(H,22,24,27). The van der Waals surface area contributed by atoms with Crippen LogP contribution in [0.25, 0.3) is 10.9 Å². The number of hydrogen-bond acceptors (Lipinski definition) is 4. The summed E-state index contributed by atoms with van der Waals surface area (Å²) in [6.45, 7) is 0.563. The number of amides is 1. The number of carbonyl (C=O) groups excluding carboxylic acids is 2. The molecule has 0 saturated carbocycles. The maximum atomic E-state index is 12.8. The smallest absolute Gasteiger partial charge is 0.296 e. The van der Waals surface area contributed by atoms with E-state index in [4.69, 9.17) is 0 Å². The molecule has 0 atom stereocenters. The van der Waals surface area contributed by atoms with Crippen molar-refractivity contribution < 1.29 is 9.59 Å². The fraction of sp³-hybridized carbons (Fsp3) is 0.0476. The number of nitrogens with one attached hydrogen (secondary N) is 1.